The third kappa shape index (κ3) is 5.93. The molecule has 0 fully saturated rings. The summed E-state index contributed by atoms with van der Waals surface area (Å²) in [5.41, 5.74) is 5.58. The largest absolute Gasteiger partial charge is 0.352 e. The number of rotatable bonds is 6. The number of amides is 1. The first kappa shape index (κ1) is 12.8. The number of nitrogens with one attached hydrogen (secondary N) is 1. The molecule has 2 atom stereocenters. The monoisotopic (exact) mass is 204 g/mol. The number of carbonyl (C=O) groups is 1. The van der Waals surface area contributed by atoms with E-state index in [1.807, 2.05) is 13.8 Å². The third-order valence-electron chi connectivity index (χ3n) is 1.92. The minimum atomic E-state index is -0.350. The van der Waals surface area contributed by atoms with Gasteiger partial charge >= 0.3 is 0 Å². The van der Waals surface area contributed by atoms with Crippen LogP contribution in [0.3, 0.4) is 0 Å². The highest BCUT2D eigenvalue weighted by Crippen LogP contribution is 2.00. The highest BCUT2D eigenvalue weighted by molar-refractivity contribution is 7.98. The molecule has 0 aromatic heterocycles. The normalized spacial score (nSPS) is 15.1. The zero-order valence-corrected chi connectivity index (χ0v) is 9.49. The van der Waals surface area contributed by atoms with Crippen LogP contribution in [0.15, 0.2) is 0 Å². The van der Waals surface area contributed by atoms with Crippen molar-refractivity contribution in [2.75, 3.05) is 12.0 Å². The lowest BCUT2D eigenvalue weighted by atomic mass is 10.2. The highest BCUT2D eigenvalue weighted by atomic mass is 32.2. The van der Waals surface area contributed by atoms with Crippen LogP contribution in [-0.2, 0) is 4.79 Å². The van der Waals surface area contributed by atoms with E-state index in [2.05, 4.69) is 11.6 Å². The second-order valence-electron chi connectivity index (χ2n) is 3.21. The Kier molecular flexibility index (Phi) is 7.09. The summed E-state index contributed by atoms with van der Waals surface area (Å²) in [5.74, 6) is 1.04. The molecule has 0 saturated carbocycles. The fourth-order valence-electron chi connectivity index (χ4n) is 0.902. The van der Waals surface area contributed by atoms with Crippen LogP contribution in [0, 0.1) is 0 Å². The van der Waals surface area contributed by atoms with E-state index < -0.39 is 0 Å². The fraction of sp³-hybridized carbons (Fsp3) is 0.889. The summed E-state index contributed by atoms with van der Waals surface area (Å²) < 4.78 is 0. The van der Waals surface area contributed by atoms with Crippen LogP contribution in [0.1, 0.15) is 26.7 Å². The molecule has 3 nitrogen and oxygen atoms in total. The van der Waals surface area contributed by atoms with Crippen LogP contribution in [0.25, 0.3) is 0 Å². The summed E-state index contributed by atoms with van der Waals surface area (Å²) in [6.45, 7) is 3.92. The second kappa shape index (κ2) is 7.21. The molecule has 2 unspecified atom stereocenters. The molecular formula is C9H20N2OS. The predicted octanol–water partition coefficient (Wildman–Crippen LogP) is 0.981. The molecule has 0 aliphatic rings. The van der Waals surface area contributed by atoms with Gasteiger partial charge in [0.05, 0.1) is 6.04 Å². The number of hydrogen-bond acceptors (Lipinski definition) is 3. The Morgan fingerprint density at radius 3 is 2.69 bits per heavy atom. The summed E-state index contributed by atoms with van der Waals surface area (Å²) in [6.07, 6.45) is 3.76. The molecule has 1 amide bonds. The van der Waals surface area contributed by atoms with Gasteiger partial charge in [-0.1, -0.05) is 6.92 Å². The molecule has 0 rings (SSSR count). The van der Waals surface area contributed by atoms with E-state index in [-0.39, 0.29) is 18.0 Å². The molecule has 0 bridgehead atoms. The maximum absolute atomic E-state index is 11.3. The van der Waals surface area contributed by atoms with Crippen LogP contribution < -0.4 is 11.1 Å². The first-order valence-corrected chi connectivity index (χ1v) is 6.06. The first-order chi connectivity index (χ1) is 6.11. The molecule has 3 N–H and O–H groups in total. The Hall–Kier alpha value is -0.220. The van der Waals surface area contributed by atoms with E-state index in [0.717, 1.165) is 12.2 Å². The summed E-state index contributed by atoms with van der Waals surface area (Å²) in [6, 6.07) is -0.116. The molecule has 0 spiro atoms. The lowest BCUT2D eigenvalue weighted by molar-refractivity contribution is -0.123. The highest BCUT2D eigenvalue weighted by Gasteiger charge is 2.12. The Labute approximate surface area is 84.8 Å². The van der Waals surface area contributed by atoms with Gasteiger partial charge in [-0.2, -0.15) is 11.8 Å². The average Bonchev–Trinajstić information content (AvgIpc) is 2.13. The lowest BCUT2D eigenvalue weighted by Crippen LogP contribution is -2.44. The smallest absolute Gasteiger partial charge is 0.237 e. The fourth-order valence-corrected chi connectivity index (χ4v) is 1.49. The van der Waals surface area contributed by atoms with E-state index in [0.29, 0.717) is 6.42 Å². The van der Waals surface area contributed by atoms with E-state index in [9.17, 15) is 4.79 Å². The van der Waals surface area contributed by atoms with Crippen molar-refractivity contribution in [2.45, 2.75) is 38.8 Å². The molecule has 0 aromatic rings. The Bertz CT molecular complexity index is 153. The number of nitrogens with two attached hydrogens (primary N) is 1. The minimum Gasteiger partial charge on any atom is -0.352 e. The lowest BCUT2D eigenvalue weighted by Gasteiger charge is -2.15. The first-order valence-electron chi connectivity index (χ1n) is 4.66. The van der Waals surface area contributed by atoms with Gasteiger partial charge in [0.1, 0.15) is 0 Å². The van der Waals surface area contributed by atoms with Crippen molar-refractivity contribution in [1.29, 1.82) is 0 Å². The zero-order valence-electron chi connectivity index (χ0n) is 8.67. The maximum Gasteiger partial charge on any atom is 0.237 e. The van der Waals surface area contributed by atoms with Crippen molar-refractivity contribution >= 4 is 17.7 Å². The molecule has 4 heteroatoms. The van der Waals surface area contributed by atoms with Crippen LogP contribution in [0.4, 0.5) is 0 Å². The number of hydrogen-bond donors (Lipinski definition) is 2. The van der Waals surface area contributed by atoms with Crippen LogP contribution in [0.2, 0.25) is 0 Å². The van der Waals surface area contributed by atoms with Crippen molar-refractivity contribution in [3.05, 3.63) is 0 Å². The quantitative estimate of drug-likeness (QED) is 0.678. The zero-order chi connectivity index (χ0) is 10.3. The molecule has 0 aliphatic heterocycles. The van der Waals surface area contributed by atoms with Crippen LogP contribution in [-0.4, -0.2) is 30.0 Å². The van der Waals surface area contributed by atoms with Gasteiger partial charge in [0.15, 0.2) is 0 Å². The Balaban J connectivity index is 3.64. The van der Waals surface area contributed by atoms with Crippen molar-refractivity contribution in [3.63, 3.8) is 0 Å². The van der Waals surface area contributed by atoms with E-state index in [1.54, 1.807) is 11.8 Å². The van der Waals surface area contributed by atoms with Gasteiger partial charge in [-0.05, 0) is 31.8 Å². The van der Waals surface area contributed by atoms with E-state index >= 15 is 0 Å². The number of carbonyl (C=O) groups excluding carboxylic acids is 1. The average molecular weight is 204 g/mol. The summed E-state index contributed by atoms with van der Waals surface area (Å²) in [7, 11) is 0. The van der Waals surface area contributed by atoms with Crippen molar-refractivity contribution in [2.24, 2.45) is 5.73 Å². The third-order valence-corrected chi connectivity index (χ3v) is 2.56. The molecule has 0 radical (unpaired) electrons. The molecule has 78 valence electrons. The topological polar surface area (TPSA) is 55.1 Å². The van der Waals surface area contributed by atoms with Gasteiger partial charge in [-0.25, -0.2) is 0 Å². The Morgan fingerprint density at radius 2 is 2.23 bits per heavy atom. The summed E-state index contributed by atoms with van der Waals surface area (Å²) >= 11 is 1.79. The van der Waals surface area contributed by atoms with Crippen molar-refractivity contribution in [1.82, 2.24) is 5.32 Å². The molecule has 0 saturated heterocycles. The van der Waals surface area contributed by atoms with Gasteiger partial charge < -0.3 is 11.1 Å². The molecule has 0 heterocycles. The van der Waals surface area contributed by atoms with Crippen molar-refractivity contribution in [3.8, 4) is 0 Å². The maximum atomic E-state index is 11.3. The van der Waals surface area contributed by atoms with Crippen molar-refractivity contribution < 1.29 is 4.79 Å². The van der Waals surface area contributed by atoms with Gasteiger partial charge in [0, 0.05) is 6.04 Å². The SMILES string of the molecule is CCC(N)C(=O)NC(C)CCSC. The minimum absolute atomic E-state index is 0.0314. The van der Waals surface area contributed by atoms with Crippen LogP contribution in [0.5, 0.6) is 0 Å². The standard InChI is InChI=1S/C9H20N2OS/c1-4-8(10)9(12)11-7(2)5-6-13-3/h7-8H,4-6,10H2,1-3H3,(H,11,12). The summed E-state index contributed by atoms with van der Waals surface area (Å²) in [4.78, 5) is 11.3. The number of thioether (sulfide) groups is 1. The van der Waals surface area contributed by atoms with Gasteiger partial charge in [0.25, 0.3) is 0 Å². The van der Waals surface area contributed by atoms with Crippen LogP contribution >= 0.6 is 11.8 Å². The molecular weight excluding hydrogens is 184 g/mol. The summed E-state index contributed by atoms with van der Waals surface area (Å²) in [5, 5.41) is 2.89. The second-order valence-corrected chi connectivity index (χ2v) is 4.19. The van der Waals surface area contributed by atoms with Gasteiger partial charge in [-0.3, -0.25) is 4.79 Å². The van der Waals surface area contributed by atoms with Gasteiger partial charge in [0.2, 0.25) is 5.91 Å². The molecule has 13 heavy (non-hydrogen) atoms. The molecule has 0 aromatic carbocycles. The van der Waals surface area contributed by atoms with Gasteiger partial charge in [-0.15, -0.1) is 0 Å². The van der Waals surface area contributed by atoms with E-state index in [1.165, 1.54) is 0 Å². The Morgan fingerprint density at radius 1 is 1.62 bits per heavy atom. The predicted molar refractivity (Wildman–Crippen MR) is 58.9 cm³/mol. The van der Waals surface area contributed by atoms with E-state index in [4.69, 9.17) is 5.73 Å². The molecule has 0 aliphatic carbocycles.